The van der Waals surface area contributed by atoms with E-state index in [-0.39, 0.29) is 31.6 Å². The van der Waals surface area contributed by atoms with Gasteiger partial charge in [-0.1, -0.05) is 72.1 Å². The van der Waals surface area contributed by atoms with E-state index in [1.54, 1.807) is 0 Å². The number of aliphatic hydroxyl groups excluding tert-OH is 1. The molecular weight excluding hydrogens is 639 g/mol. The van der Waals surface area contributed by atoms with Gasteiger partial charge in [-0.25, -0.2) is 0 Å². The van der Waals surface area contributed by atoms with E-state index in [0.29, 0.717) is 0 Å². The third-order valence-corrected chi connectivity index (χ3v) is 6.34. The molecule has 0 amide bonds. The fourth-order valence-corrected chi connectivity index (χ4v) is 4.92. The summed E-state index contributed by atoms with van der Waals surface area (Å²) in [4.78, 5) is 15.0. The number of aliphatic hydroxyl groups is 1. The first-order valence-corrected chi connectivity index (χ1v) is 11.7. The Hall–Kier alpha value is -4.05. The first-order chi connectivity index (χ1) is 17.5. The van der Waals surface area contributed by atoms with E-state index in [0.717, 1.165) is 38.7 Å². The molecule has 4 nitrogen and oxygen atoms in total. The van der Waals surface area contributed by atoms with Crippen LogP contribution in [0.1, 0.15) is 13.8 Å². The molecule has 6 aromatic rings. The number of hydrogen-bond acceptors (Lipinski definition) is 4. The summed E-state index contributed by atoms with van der Waals surface area (Å²) in [6.45, 7) is 2.85. The van der Waals surface area contributed by atoms with Gasteiger partial charge >= 0.3 is 0 Å². The average molecular weight is 661 g/mol. The molecule has 2 heterocycles. The number of benzene rings is 4. The molecule has 7 rings (SSSR count). The Morgan fingerprint density at radius 1 is 0.838 bits per heavy atom. The Labute approximate surface area is 227 Å². The number of para-hydroxylation sites is 1. The molecule has 0 fully saturated rings. The molecule has 4 aromatic carbocycles. The molecule has 0 unspecified atom stereocenters. The van der Waals surface area contributed by atoms with Crippen LogP contribution >= 0.6 is 0 Å². The van der Waals surface area contributed by atoms with Gasteiger partial charge < -0.3 is 9.52 Å². The van der Waals surface area contributed by atoms with Crippen LogP contribution in [0.3, 0.4) is 0 Å². The molecule has 1 radical (unpaired) electrons. The molecule has 0 spiro atoms. The van der Waals surface area contributed by atoms with Crippen LogP contribution in [0.2, 0.25) is 0 Å². The zero-order valence-electron chi connectivity index (χ0n) is 20.2. The first kappa shape index (κ1) is 24.6. The number of allylic oxidation sites excluding steroid dienone is 2. The minimum atomic E-state index is -0.125. The molecule has 0 saturated carbocycles. The zero-order valence-corrected chi connectivity index (χ0v) is 22.6. The van der Waals surface area contributed by atoms with E-state index >= 15 is 0 Å². The van der Waals surface area contributed by atoms with Crippen molar-refractivity contribution in [3.8, 4) is 33.5 Å². The van der Waals surface area contributed by atoms with E-state index in [1.807, 2.05) is 24.3 Å². The van der Waals surface area contributed by atoms with Gasteiger partial charge in [-0.15, -0.1) is 17.7 Å². The number of aromatic nitrogens is 1. The van der Waals surface area contributed by atoms with Crippen molar-refractivity contribution in [2.75, 3.05) is 0 Å². The van der Waals surface area contributed by atoms with Gasteiger partial charge in [0.25, 0.3) is 0 Å². The third kappa shape index (κ3) is 4.37. The monoisotopic (exact) mass is 661 g/mol. The van der Waals surface area contributed by atoms with Gasteiger partial charge in [0.1, 0.15) is 5.58 Å². The molecule has 0 atom stereocenters. The standard InChI is InChI=1S/C27H14NO.C5H8O2.Ir/c1-2-7-18-17(6-1)21-9-5-10-23-27(21)22(18)15-24(28-23)16-12-13-20-19-8-3-4-11-25(19)29-26(20)14-16;1-4(6)3-5(2)7;/h1-11,13-15H;3,6H,1-2H3;/q-1;;/b;4-3-;. The SMILES string of the molecule is CC(=O)/C=C(/C)O.[Ir].[c-]1cc2c(cc1-c1cc3c4c(cccc4n1)-c1ccccc1-3)oc1ccccc12. The predicted molar refractivity (Wildman–Crippen MR) is 145 cm³/mol. The number of hydrogen-bond donors (Lipinski definition) is 1. The van der Waals surface area contributed by atoms with Crippen molar-refractivity contribution in [3.63, 3.8) is 0 Å². The number of fused-ring (bicyclic) bond motifs is 6. The Bertz CT molecular complexity index is 1840. The smallest absolute Gasteiger partial charge is 0.155 e. The number of carbonyl (C=O) groups excluding carboxylic acids is 1. The normalized spacial score (nSPS) is 11.7. The molecule has 1 N–H and O–H groups in total. The van der Waals surface area contributed by atoms with Gasteiger partial charge in [-0.3, -0.25) is 9.78 Å². The predicted octanol–water partition coefficient (Wildman–Crippen LogP) is 8.28. The van der Waals surface area contributed by atoms with E-state index in [2.05, 4.69) is 66.7 Å². The number of furan rings is 1. The van der Waals surface area contributed by atoms with Crippen LogP contribution in [0.15, 0.2) is 101 Å². The van der Waals surface area contributed by atoms with Crippen molar-refractivity contribution < 1.29 is 34.4 Å². The van der Waals surface area contributed by atoms with Crippen LogP contribution < -0.4 is 0 Å². The Kier molecular flexibility index (Phi) is 6.51. The summed E-state index contributed by atoms with van der Waals surface area (Å²) in [6.07, 6.45) is 1.17. The summed E-state index contributed by atoms with van der Waals surface area (Å²) in [5.74, 6) is -0.0625. The van der Waals surface area contributed by atoms with Gasteiger partial charge in [-0.05, 0) is 59.3 Å². The fourth-order valence-electron chi connectivity index (χ4n) is 4.92. The molecule has 0 bridgehead atoms. The summed E-state index contributed by atoms with van der Waals surface area (Å²) in [7, 11) is 0. The molecular formula is C32H22IrNO3-. The maximum absolute atomic E-state index is 10.0. The van der Waals surface area contributed by atoms with Crippen LogP contribution in [-0.4, -0.2) is 15.9 Å². The van der Waals surface area contributed by atoms with Gasteiger partial charge in [0.05, 0.1) is 16.9 Å². The van der Waals surface area contributed by atoms with E-state index in [1.165, 1.54) is 47.6 Å². The van der Waals surface area contributed by atoms with Crippen LogP contribution in [0.5, 0.6) is 0 Å². The Balaban J connectivity index is 0.000000313. The minimum absolute atomic E-state index is 0. The minimum Gasteiger partial charge on any atom is -0.512 e. The van der Waals surface area contributed by atoms with Crippen LogP contribution in [0.4, 0.5) is 0 Å². The van der Waals surface area contributed by atoms with Crippen molar-refractivity contribution in [1.29, 1.82) is 0 Å². The third-order valence-electron chi connectivity index (χ3n) is 6.34. The van der Waals surface area contributed by atoms with Crippen LogP contribution in [0, 0.1) is 6.07 Å². The zero-order chi connectivity index (χ0) is 24.8. The second kappa shape index (κ2) is 9.78. The maximum atomic E-state index is 10.0. The largest absolute Gasteiger partial charge is 0.512 e. The van der Waals surface area contributed by atoms with Gasteiger partial charge in [0.2, 0.25) is 0 Å². The second-order valence-electron chi connectivity index (χ2n) is 8.92. The molecule has 37 heavy (non-hydrogen) atoms. The summed E-state index contributed by atoms with van der Waals surface area (Å²) >= 11 is 0. The summed E-state index contributed by atoms with van der Waals surface area (Å²) in [5.41, 5.74) is 9.72. The van der Waals surface area contributed by atoms with Crippen LogP contribution in [0.25, 0.3) is 66.4 Å². The Morgan fingerprint density at radius 2 is 1.54 bits per heavy atom. The maximum Gasteiger partial charge on any atom is 0.155 e. The van der Waals surface area contributed by atoms with E-state index < -0.39 is 0 Å². The van der Waals surface area contributed by atoms with E-state index in [9.17, 15) is 4.79 Å². The Morgan fingerprint density at radius 3 is 2.27 bits per heavy atom. The molecule has 5 heteroatoms. The number of nitrogens with zero attached hydrogens (tertiary/aromatic N) is 1. The van der Waals surface area contributed by atoms with Gasteiger partial charge in [0, 0.05) is 31.6 Å². The quantitative estimate of drug-likeness (QED) is 0.115. The van der Waals surface area contributed by atoms with E-state index in [4.69, 9.17) is 14.5 Å². The van der Waals surface area contributed by atoms with Crippen LogP contribution in [-0.2, 0) is 24.9 Å². The van der Waals surface area contributed by atoms with Crippen molar-refractivity contribution in [2.24, 2.45) is 0 Å². The fraction of sp³-hybridized carbons (Fsp3) is 0.0625. The van der Waals surface area contributed by atoms with Crippen molar-refractivity contribution in [3.05, 3.63) is 103 Å². The molecule has 0 saturated heterocycles. The van der Waals surface area contributed by atoms with Crippen molar-refractivity contribution in [2.45, 2.75) is 13.8 Å². The average Bonchev–Trinajstić information content (AvgIpc) is 3.40. The van der Waals surface area contributed by atoms with Crippen molar-refractivity contribution >= 4 is 38.6 Å². The molecule has 0 aliphatic heterocycles. The van der Waals surface area contributed by atoms with Crippen molar-refractivity contribution in [1.82, 2.24) is 4.98 Å². The topological polar surface area (TPSA) is 63.3 Å². The number of ketones is 1. The van der Waals surface area contributed by atoms with Gasteiger partial charge in [-0.2, -0.15) is 0 Å². The number of carbonyl (C=O) groups is 1. The first-order valence-electron chi connectivity index (χ1n) is 11.7. The summed E-state index contributed by atoms with van der Waals surface area (Å²) in [6, 6.07) is 32.8. The number of rotatable bonds is 2. The molecule has 1 aliphatic carbocycles. The second-order valence-corrected chi connectivity index (χ2v) is 8.92. The molecule has 1 aliphatic rings. The molecule has 183 valence electrons. The number of pyridine rings is 1. The summed E-state index contributed by atoms with van der Waals surface area (Å²) < 4.78 is 6.08. The summed E-state index contributed by atoms with van der Waals surface area (Å²) in [5, 5.41) is 11.8. The van der Waals surface area contributed by atoms with Gasteiger partial charge in [0.15, 0.2) is 5.78 Å². The molecule has 2 aromatic heterocycles.